The van der Waals surface area contributed by atoms with Crippen LogP contribution in [-0.2, 0) is 0 Å². The monoisotopic (exact) mass is 266 g/mol. The van der Waals surface area contributed by atoms with Crippen molar-refractivity contribution in [2.45, 2.75) is 25.9 Å². The van der Waals surface area contributed by atoms with Gasteiger partial charge in [-0.3, -0.25) is 4.98 Å². The SMILES string of the molecule is CC(N[C@@H](C)c1ccncc1)c1ccc(Cl)s1. The molecule has 0 spiro atoms. The summed E-state index contributed by atoms with van der Waals surface area (Å²) in [6, 6.07) is 8.68. The third-order valence-corrected chi connectivity index (χ3v) is 4.14. The number of halogens is 1. The molecule has 0 bridgehead atoms. The van der Waals surface area contributed by atoms with Crippen molar-refractivity contribution in [1.29, 1.82) is 0 Å². The third kappa shape index (κ3) is 3.28. The molecule has 0 aliphatic heterocycles. The molecule has 0 amide bonds. The number of nitrogens with one attached hydrogen (secondary N) is 1. The Kier molecular flexibility index (Phi) is 4.15. The van der Waals surface area contributed by atoms with Gasteiger partial charge in [-0.2, -0.15) is 0 Å². The quantitative estimate of drug-likeness (QED) is 0.897. The van der Waals surface area contributed by atoms with E-state index in [1.54, 1.807) is 11.3 Å². The Labute approximate surface area is 111 Å². The summed E-state index contributed by atoms with van der Waals surface area (Å²) in [5.41, 5.74) is 1.24. The maximum atomic E-state index is 5.94. The fraction of sp³-hybridized carbons (Fsp3) is 0.308. The number of nitrogens with zero attached hydrogens (tertiary/aromatic N) is 1. The summed E-state index contributed by atoms with van der Waals surface area (Å²) >= 11 is 7.56. The molecule has 1 unspecified atom stereocenters. The summed E-state index contributed by atoms with van der Waals surface area (Å²) in [7, 11) is 0. The summed E-state index contributed by atoms with van der Waals surface area (Å²) < 4.78 is 0.838. The minimum atomic E-state index is 0.300. The summed E-state index contributed by atoms with van der Waals surface area (Å²) in [6.45, 7) is 4.31. The van der Waals surface area contributed by atoms with Crippen LogP contribution in [0.3, 0.4) is 0 Å². The van der Waals surface area contributed by atoms with Crippen LogP contribution in [0.5, 0.6) is 0 Å². The van der Waals surface area contributed by atoms with E-state index in [4.69, 9.17) is 11.6 Å². The maximum Gasteiger partial charge on any atom is 0.0931 e. The van der Waals surface area contributed by atoms with Crippen LogP contribution in [0.25, 0.3) is 0 Å². The molecule has 0 saturated heterocycles. The Balaban J connectivity index is 2.02. The Morgan fingerprint density at radius 3 is 2.41 bits per heavy atom. The van der Waals surface area contributed by atoms with E-state index in [1.165, 1.54) is 10.4 Å². The molecule has 2 heterocycles. The molecule has 2 atom stereocenters. The molecule has 0 aliphatic rings. The molecule has 0 aliphatic carbocycles. The van der Waals surface area contributed by atoms with E-state index in [2.05, 4.69) is 30.2 Å². The van der Waals surface area contributed by atoms with Crippen LogP contribution in [0, 0.1) is 0 Å². The first-order chi connectivity index (χ1) is 8.16. The van der Waals surface area contributed by atoms with E-state index in [1.807, 2.05) is 30.6 Å². The molecule has 17 heavy (non-hydrogen) atoms. The minimum Gasteiger partial charge on any atom is -0.303 e. The zero-order valence-corrected chi connectivity index (χ0v) is 11.4. The molecule has 2 rings (SSSR count). The van der Waals surface area contributed by atoms with Gasteiger partial charge in [-0.15, -0.1) is 11.3 Å². The van der Waals surface area contributed by atoms with Gasteiger partial charge in [0.25, 0.3) is 0 Å². The van der Waals surface area contributed by atoms with Crippen LogP contribution in [0.1, 0.15) is 36.4 Å². The summed E-state index contributed by atoms with van der Waals surface area (Å²) in [5, 5.41) is 3.55. The number of thiophene rings is 1. The number of aromatic nitrogens is 1. The lowest BCUT2D eigenvalue weighted by atomic mass is 10.1. The van der Waals surface area contributed by atoms with Gasteiger partial charge >= 0.3 is 0 Å². The van der Waals surface area contributed by atoms with Gasteiger partial charge < -0.3 is 5.32 Å². The first-order valence-corrected chi connectivity index (χ1v) is 6.77. The highest BCUT2D eigenvalue weighted by molar-refractivity contribution is 7.16. The van der Waals surface area contributed by atoms with Crippen molar-refractivity contribution in [2.24, 2.45) is 0 Å². The average Bonchev–Trinajstić information content (AvgIpc) is 2.77. The van der Waals surface area contributed by atoms with Crippen molar-refractivity contribution < 1.29 is 0 Å². The van der Waals surface area contributed by atoms with Crippen molar-refractivity contribution in [3.05, 3.63) is 51.4 Å². The average molecular weight is 267 g/mol. The number of pyridine rings is 1. The summed E-state index contributed by atoms with van der Waals surface area (Å²) in [4.78, 5) is 5.29. The molecular formula is C13H15ClN2S. The van der Waals surface area contributed by atoms with Crippen LogP contribution in [0.2, 0.25) is 4.34 Å². The highest BCUT2D eigenvalue weighted by Gasteiger charge is 2.12. The maximum absolute atomic E-state index is 5.94. The molecule has 0 fully saturated rings. The van der Waals surface area contributed by atoms with Crippen LogP contribution in [0.15, 0.2) is 36.7 Å². The topological polar surface area (TPSA) is 24.9 Å². The van der Waals surface area contributed by atoms with Crippen molar-refractivity contribution in [3.8, 4) is 0 Å². The lowest BCUT2D eigenvalue weighted by molar-refractivity contribution is 0.500. The lowest BCUT2D eigenvalue weighted by Crippen LogP contribution is -2.21. The van der Waals surface area contributed by atoms with Gasteiger partial charge in [-0.1, -0.05) is 11.6 Å². The van der Waals surface area contributed by atoms with Crippen LogP contribution in [-0.4, -0.2) is 4.98 Å². The molecule has 0 saturated carbocycles. The number of rotatable bonds is 4. The molecule has 2 aromatic heterocycles. The van der Waals surface area contributed by atoms with Crippen LogP contribution < -0.4 is 5.32 Å². The Morgan fingerprint density at radius 2 is 1.82 bits per heavy atom. The molecule has 1 N–H and O–H groups in total. The van der Waals surface area contributed by atoms with E-state index >= 15 is 0 Å². The summed E-state index contributed by atoms with van der Waals surface area (Å²) in [5.74, 6) is 0. The Hall–Kier alpha value is -0.900. The van der Waals surface area contributed by atoms with E-state index in [0.29, 0.717) is 12.1 Å². The second kappa shape index (κ2) is 5.63. The third-order valence-electron chi connectivity index (χ3n) is 2.73. The molecule has 2 nitrogen and oxygen atoms in total. The molecule has 0 aromatic carbocycles. The molecule has 0 radical (unpaired) electrons. The normalized spacial score (nSPS) is 14.5. The number of hydrogen-bond donors (Lipinski definition) is 1. The van der Waals surface area contributed by atoms with Gasteiger partial charge in [0.1, 0.15) is 0 Å². The summed E-state index contributed by atoms with van der Waals surface area (Å²) in [6.07, 6.45) is 3.64. The fourth-order valence-corrected chi connectivity index (χ4v) is 2.84. The smallest absolute Gasteiger partial charge is 0.0931 e. The van der Waals surface area contributed by atoms with E-state index in [0.717, 1.165) is 4.34 Å². The number of hydrogen-bond acceptors (Lipinski definition) is 3. The minimum absolute atomic E-state index is 0.300. The second-order valence-electron chi connectivity index (χ2n) is 4.03. The van der Waals surface area contributed by atoms with Gasteiger partial charge in [0.15, 0.2) is 0 Å². The Bertz CT molecular complexity index is 469. The van der Waals surface area contributed by atoms with Gasteiger partial charge in [0, 0.05) is 29.4 Å². The largest absolute Gasteiger partial charge is 0.303 e. The van der Waals surface area contributed by atoms with Gasteiger partial charge in [0.2, 0.25) is 0 Å². The van der Waals surface area contributed by atoms with Gasteiger partial charge in [-0.25, -0.2) is 0 Å². The second-order valence-corrected chi connectivity index (χ2v) is 5.78. The molecule has 90 valence electrons. The van der Waals surface area contributed by atoms with Crippen molar-refractivity contribution in [2.75, 3.05) is 0 Å². The Morgan fingerprint density at radius 1 is 1.12 bits per heavy atom. The molecule has 2 aromatic rings. The highest BCUT2D eigenvalue weighted by atomic mass is 35.5. The first kappa shape index (κ1) is 12.6. The van der Waals surface area contributed by atoms with E-state index in [9.17, 15) is 0 Å². The van der Waals surface area contributed by atoms with Crippen molar-refractivity contribution in [1.82, 2.24) is 10.3 Å². The predicted molar refractivity (Wildman–Crippen MR) is 73.5 cm³/mol. The fourth-order valence-electron chi connectivity index (χ4n) is 1.77. The zero-order valence-electron chi connectivity index (χ0n) is 9.85. The standard InChI is InChI=1S/C13H15ClN2S/c1-9(11-5-7-15-8-6-11)16-10(2)12-3-4-13(14)17-12/h3-10,16H,1-2H3/t9-,10?/m0/s1. The van der Waals surface area contributed by atoms with Crippen LogP contribution >= 0.6 is 22.9 Å². The van der Waals surface area contributed by atoms with Gasteiger partial charge in [-0.05, 0) is 43.7 Å². The van der Waals surface area contributed by atoms with E-state index in [-0.39, 0.29) is 0 Å². The van der Waals surface area contributed by atoms with Crippen molar-refractivity contribution in [3.63, 3.8) is 0 Å². The highest BCUT2D eigenvalue weighted by Crippen LogP contribution is 2.28. The van der Waals surface area contributed by atoms with Gasteiger partial charge in [0.05, 0.1) is 4.34 Å². The first-order valence-electron chi connectivity index (χ1n) is 5.58. The van der Waals surface area contributed by atoms with Crippen molar-refractivity contribution >= 4 is 22.9 Å². The van der Waals surface area contributed by atoms with E-state index < -0.39 is 0 Å². The zero-order chi connectivity index (χ0) is 12.3. The molecular weight excluding hydrogens is 252 g/mol. The molecule has 4 heteroatoms. The predicted octanol–water partition coefficient (Wildman–Crippen LogP) is 4.21. The van der Waals surface area contributed by atoms with Crippen LogP contribution in [0.4, 0.5) is 0 Å². The lowest BCUT2D eigenvalue weighted by Gasteiger charge is -2.19.